The molecule has 27 heavy (non-hydrogen) atoms. The van der Waals surface area contributed by atoms with Gasteiger partial charge in [-0.3, -0.25) is 15.6 Å². The van der Waals surface area contributed by atoms with E-state index in [1.807, 2.05) is 0 Å². The molecule has 0 unspecified atom stereocenters. The Morgan fingerprint density at radius 2 is 2.04 bits per heavy atom. The van der Waals surface area contributed by atoms with Gasteiger partial charge in [0.2, 0.25) is 0 Å². The molecule has 3 N–H and O–H groups in total. The molecule has 1 fully saturated rings. The van der Waals surface area contributed by atoms with E-state index < -0.39 is 12.5 Å². The molecule has 0 radical (unpaired) electrons. The zero-order valence-electron chi connectivity index (χ0n) is 15.0. The van der Waals surface area contributed by atoms with Crippen LogP contribution in [0.2, 0.25) is 0 Å². The third-order valence-electron chi connectivity index (χ3n) is 3.90. The summed E-state index contributed by atoms with van der Waals surface area (Å²) in [4.78, 5) is 11.9. The molecule has 0 bridgehead atoms. The third kappa shape index (κ3) is 7.38. The molecule has 0 saturated heterocycles. The standard InChI is InChI=1S/C18H23F2N3O3S/c1-2-25-15-11-12(7-9-14(15)26-17(19)20)8-10-16(24)22-23-18(27)21-13-5-3-4-6-13/h7-11,13,17H,2-6H2,1H3,(H,22,24)(H2,21,23,27)/b10-8+. The topological polar surface area (TPSA) is 71.6 Å². The van der Waals surface area contributed by atoms with Gasteiger partial charge >= 0.3 is 6.61 Å². The van der Waals surface area contributed by atoms with Gasteiger partial charge in [0.15, 0.2) is 16.6 Å². The van der Waals surface area contributed by atoms with Crippen LogP contribution in [0.4, 0.5) is 8.78 Å². The first-order valence-electron chi connectivity index (χ1n) is 8.74. The molecule has 6 nitrogen and oxygen atoms in total. The highest BCUT2D eigenvalue weighted by molar-refractivity contribution is 7.80. The van der Waals surface area contributed by atoms with E-state index in [1.54, 1.807) is 13.0 Å². The molecule has 0 aromatic heterocycles. The molecule has 1 aliphatic carbocycles. The summed E-state index contributed by atoms with van der Waals surface area (Å²) in [5, 5.41) is 3.51. The van der Waals surface area contributed by atoms with Gasteiger partial charge in [-0.25, -0.2) is 0 Å². The van der Waals surface area contributed by atoms with Gasteiger partial charge in [0.1, 0.15) is 0 Å². The first-order chi connectivity index (χ1) is 13.0. The molecule has 0 aliphatic heterocycles. The summed E-state index contributed by atoms with van der Waals surface area (Å²) in [6, 6.07) is 4.78. The number of benzene rings is 1. The second-order valence-electron chi connectivity index (χ2n) is 5.92. The molecule has 1 aromatic carbocycles. The summed E-state index contributed by atoms with van der Waals surface area (Å²) in [6.07, 6.45) is 7.33. The Balaban J connectivity index is 1.86. The number of alkyl halides is 2. The van der Waals surface area contributed by atoms with E-state index in [4.69, 9.17) is 17.0 Å². The number of carbonyl (C=O) groups excluding carboxylic acids is 1. The van der Waals surface area contributed by atoms with Gasteiger partial charge in [0, 0.05) is 12.1 Å². The maximum atomic E-state index is 12.4. The largest absolute Gasteiger partial charge is 0.490 e. The normalized spacial score (nSPS) is 14.4. The van der Waals surface area contributed by atoms with Crippen LogP contribution >= 0.6 is 12.2 Å². The van der Waals surface area contributed by atoms with Crippen LogP contribution in [-0.4, -0.2) is 30.3 Å². The number of hydrazine groups is 1. The second kappa shape index (κ2) is 10.7. The van der Waals surface area contributed by atoms with Gasteiger partial charge in [-0.1, -0.05) is 18.9 Å². The Morgan fingerprint density at radius 1 is 1.30 bits per heavy atom. The Bertz CT molecular complexity index is 680. The number of ether oxygens (including phenoxy) is 2. The van der Waals surface area contributed by atoms with Crippen molar-refractivity contribution >= 4 is 29.3 Å². The minimum atomic E-state index is -2.94. The average Bonchev–Trinajstić information content (AvgIpc) is 3.13. The van der Waals surface area contributed by atoms with E-state index in [0.717, 1.165) is 12.8 Å². The molecule has 9 heteroatoms. The van der Waals surface area contributed by atoms with Crippen molar-refractivity contribution in [1.29, 1.82) is 0 Å². The molecule has 1 aliphatic rings. The van der Waals surface area contributed by atoms with Gasteiger partial charge in [-0.2, -0.15) is 8.78 Å². The van der Waals surface area contributed by atoms with Gasteiger partial charge in [-0.05, 0) is 55.8 Å². The zero-order chi connectivity index (χ0) is 19.6. The number of hydrogen-bond donors (Lipinski definition) is 3. The van der Waals surface area contributed by atoms with Crippen molar-refractivity contribution in [2.75, 3.05) is 6.61 Å². The lowest BCUT2D eigenvalue weighted by atomic mass is 10.2. The summed E-state index contributed by atoms with van der Waals surface area (Å²) in [7, 11) is 0. The first kappa shape index (κ1) is 20.9. The van der Waals surface area contributed by atoms with Crippen LogP contribution in [0.3, 0.4) is 0 Å². The number of rotatable bonds is 7. The Hall–Kier alpha value is -2.42. The lowest BCUT2D eigenvalue weighted by molar-refractivity contribution is -0.117. The molecule has 1 amide bonds. The van der Waals surface area contributed by atoms with E-state index in [0.29, 0.717) is 23.3 Å². The lowest BCUT2D eigenvalue weighted by Gasteiger charge is -2.15. The molecule has 1 saturated carbocycles. The van der Waals surface area contributed by atoms with E-state index in [1.165, 1.54) is 37.1 Å². The van der Waals surface area contributed by atoms with Crippen LogP contribution in [0.25, 0.3) is 6.08 Å². The molecule has 0 spiro atoms. The van der Waals surface area contributed by atoms with Crippen molar-refractivity contribution in [3.63, 3.8) is 0 Å². The van der Waals surface area contributed by atoms with E-state index in [-0.39, 0.29) is 11.5 Å². The number of halogens is 2. The van der Waals surface area contributed by atoms with Crippen molar-refractivity contribution in [3.05, 3.63) is 29.8 Å². The van der Waals surface area contributed by atoms with Crippen LogP contribution in [0.5, 0.6) is 11.5 Å². The summed E-state index contributed by atoms with van der Waals surface area (Å²) in [6.45, 7) is -0.914. The Kier molecular flexibility index (Phi) is 8.25. The highest BCUT2D eigenvalue weighted by atomic mass is 32.1. The van der Waals surface area contributed by atoms with Crippen molar-refractivity contribution in [2.24, 2.45) is 0 Å². The van der Waals surface area contributed by atoms with Crippen LogP contribution in [0.15, 0.2) is 24.3 Å². The summed E-state index contributed by atoms with van der Waals surface area (Å²) < 4.78 is 34.5. The maximum absolute atomic E-state index is 12.4. The minimum absolute atomic E-state index is 0.0570. The number of carbonyl (C=O) groups is 1. The van der Waals surface area contributed by atoms with Gasteiger partial charge in [0.25, 0.3) is 5.91 Å². The Labute approximate surface area is 162 Å². The van der Waals surface area contributed by atoms with Gasteiger partial charge in [0.05, 0.1) is 6.61 Å². The van der Waals surface area contributed by atoms with Crippen molar-refractivity contribution < 1.29 is 23.0 Å². The van der Waals surface area contributed by atoms with Crippen LogP contribution in [-0.2, 0) is 4.79 Å². The highest BCUT2D eigenvalue weighted by Gasteiger charge is 2.15. The van der Waals surface area contributed by atoms with E-state index in [2.05, 4.69) is 20.9 Å². The summed E-state index contributed by atoms with van der Waals surface area (Å²) in [5.74, 6) is -0.282. The zero-order valence-corrected chi connectivity index (χ0v) is 15.8. The molecule has 0 atom stereocenters. The summed E-state index contributed by atoms with van der Waals surface area (Å²) in [5.41, 5.74) is 5.72. The molecule has 1 aromatic rings. The van der Waals surface area contributed by atoms with Crippen LogP contribution in [0.1, 0.15) is 38.2 Å². The van der Waals surface area contributed by atoms with Crippen molar-refractivity contribution in [3.8, 4) is 11.5 Å². The smallest absolute Gasteiger partial charge is 0.387 e. The molecular formula is C18H23F2N3O3S. The maximum Gasteiger partial charge on any atom is 0.387 e. The van der Waals surface area contributed by atoms with Crippen molar-refractivity contribution in [2.45, 2.75) is 45.3 Å². The Morgan fingerprint density at radius 3 is 2.70 bits per heavy atom. The average molecular weight is 399 g/mol. The van der Waals surface area contributed by atoms with Gasteiger partial charge < -0.3 is 14.8 Å². The second-order valence-corrected chi connectivity index (χ2v) is 6.33. The highest BCUT2D eigenvalue weighted by Crippen LogP contribution is 2.30. The number of thiocarbonyl (C=S) groups is 1. The fraction of sp³-hybridized carbons (Fsp3) is 0.444. The summed E-state index contributed by atoms with van der Waals surface area (Å²) >= 11 is 5.13. The monoisotopic (exact) mass is 399 g/mol. The van der Waals surface area contributed by atoms with E-state index in [9.17, 15) is 13.6 Å². The first-order valence-corrected chi connectivity index (χ1v) is 9.15. The third-order valence-corrected chi connectivity index (χ3v) is 4.12. The number of amides is 1. The van der Waals surface area contributed by atoms with Crippen LogP contribution < -0.4 is 25.6 Å². The fourth-order valence-corrected chi connectivity index (χ4v) is 2.93. The lowest BCUT2D eigenvalue weighted by Crippen LogP contribution is -2.48. The molecule has 0 heterocycles. The fourth-order valence-electron chi connectivity index (χ4n) is 2.71. The van der Waals surface area contributed by atoms with Gasteiger partial charge in [-0.15, -0.1) is 0 Å². The molecule has 2 rings (SSSR count). The minimum Gasteiger partial charge on any atom is -0.490 e. The van der Waals surface area contributed by atoms with E-state index >= 15 is 0 Å². The number of hydrogen-bond acceptors (Lipinski definition) is 4. The number of nitrogens with one attached hydrogen (secondary N) is 3. The SMILES string of the molecule is CCOc1cc(/C=C/C(=O)NNC(=S)NC2CCCC2)ccc1OC(F)F. The predicted octanol–water partition coefficient (Wildman–Crippen LogP) is 3.14. The quantitative estimate of drug-likeness (QED) is 0.372. The van der Waals surface area contributed by atoms with Crippen molar-refractivity contribution in [1.82, 2.24) is 16.2 Å². The molecular weight excluding hydrogens is 376 g/mol. The molecule has 148 valence electrons. The van der Waals surface area contributed by atoms with Crippen LogP contribution in [0, 0.1) is 0 Å². The predicted molar refractivity (Wildman–Crippen MR) is 103 cm³/mol.